The predicted molar refractivity (Wildman–Crippen MR) is 73.1 cm³/mol. The maximum absolute atomic E-state index is 11.9. The number of non-ortho nitro benzene ring substituents is 1. The molecule has 102 valence electrons. The number of nitro groups is 1. The van der Waals surface area contributed by atoms with Gasteiger partial charge >= 0.3 is 0 Å². The van der Waals surface area contributed by atoms with Crippen molar-refractivity contribution in [2.45, 2.75) is 0 Å². The second-order valence-corrected chi connectivity index (χ2v) is 4.60. The first-order valence-corrected chi connectivity index (χ1v) is 6.19. The number of nitrogens with zero attached hydrogens (tertiary/aromatic N) is 3. The Morgan fingerprint density at radius 2 is 2.30 bits per heavy atom. The van der Waals surface area contributed by atoms with E-state index in [2.05, 4.69) is 10.3 Å². The number of benzene rings is 1. The van der Waals surface area contributed by atoms with E-state index in [4.69, 9.17) is 0 Å². The number of rotatable bonds is 2. The van der Waals surface area contributed by atoms with Crippen LogP contribution in [0, 0.1) is 10.1 Å². The molecule has 20 heavy (non-hydrogen) atoms. The van der Waals surface area contributed by atoms with Crippen molar-refractivity contribution in [3.05, 3.63) is 45.5 Å². The van der Waals surface area contributed by atoms with Crippen molar-refractivity contribution in [1.82, 2.24) is 10.2 Å². The van der Waals surface area contributed by atoms with Crippen LogP contribution in [0.2, 0.25) is 0 Å². The highest BCUT2D eigenvalue weighted by molar-refractivity contribution is 6.11. The number of aliphatic imine (C=N–C) groups is 1. The molecule has 2 heterocycles. The average Bonchev–Trinajstić information content (AvgIpc) is 2.86. The fourth-order valence-corrected chi connectivity index (χ4v) is 2.25. The number of nitro benzene ring substituents is 1. The Morgan fingerprint density at radius 1 is 1.45 bits per heavy atom. The number of carbonyl (C=O) groups is 1. The highest BCUT2D eigenvalue weighted by Gasteiger charge is 2.28. The van der Waals surface area contributed by atoms with Crippen LogP contribution in [-0.2, 0) is 4.79 Å². The van der Waals surface area contributed by atoms with Crippen LogP contribution in [0.15, 0.2) is 34.8 Å². The molecule has 1 N–H and O–H groups in total. The van der Waals surface area contributed by atoms with Gasteiger partial charge < -0.3 is 4.90 Å². The largest absolute Gasteiger partial charge is 0.336 e. The molecule has 2 aliphatic heterocycles. The highest BCUT2D eigenvalue weighted by Crippen LogP contribution is 2.18. The van der Waals surface area contributed by atoms with Crippen LogP contribution in [0.5, 0.6) is 0 Å². The lowest BCUT2D eigenvalue weighted by molar-refractivity contribution is -0.384. The molecule has 3 rings (SSSR count). The van der Waals surface area contributed by atoms with Crippen molar-refractivity contribution in [3.8, 4) is 0 Å². The lowest BCUT2D eigenvalue weighted by Gasteiger charge is -2.26. The second kappa shape index (κ2) is 4.76. The quantitative estimate of drug-likeness (QED) is 0.489. The smallest absolute Gasteiger partial charge is 0.270 e. The molecule has 0 radical (unpaired) electrons. The summed E-state index contributed by atoms with van der Waals surface area (Å²) in [5.74, 6) is 0.416. The minimum atomic E-state index is -0.450. The predicted octanol–water partition coefficient (Wildman–Crippen LogP) is 0.780. The van der Waals surface area contributed by atoms with E-state index in [1.165, 1.54) is 12.1 Å². The molecule has 7 nitrogen and oxygen atoms in total. The number of hydrogen-bond acceptors (Lipinski definition) is 5. The average molecular weight is 272 g/mol. The summed E-state index contributed by atoms with van der Waals surface area (Å²) in [7, 11) is 0. The van der Waals surface area contributed by atoms with Crippen molar-refractivity contribution in [1.29, 1.82) is 0 Å². The van der Waals surface area contributed by atoms with Crippen molar-refractivity contribution in [3.63, 3.8) is 0 Å². The van der Waals surface area contributed by atoms with Gasteiger partial charge in [0.1, 0.15) is 0 Å². The zero-order chi connectivity index (χ0) is 14.1. The molecular formula is C13H12N4O3. The van der Waals surface area contributed by atoms with Crippen molar-refractivity contribution < 1.29 is 9.72 Å². The molecule has 0 saturated carbocycles. The lowest BCUT2D eigenvalue weighted by atomic mass is 10.1. The number of hydrogen-bond donors (Lipinski definition) is 1. The normalized spacial score (nSPS) is 19.6. The van der Waals surface area contributed by atoms with Crippen molar-refractivity contribution in [2.75, 3.05) is 19.6 Å². The zero-order valence-corrected chi connectivity index (χ0v) is 10.6. The Bertz CT molecular complexity index is 651. The molecule has 0 spiro atoms. The maximum atomic E-state index is 11.9. The van der Waals surface area contributed by atoms with E-state index in [0.717, 1.165) is 6.54 Å². The van der Waals surface area contributed by atoms with Gasteiger partial charge in [-0.2, -0.15) is 0 Å². The fraction of sp³-hybridized carbons (Fsp3) is 0.231. The summed E-state index contributed by atoms with van der Waals surface area (Å²) in [6.45, 7) is 1.94. The van der Waals surface area contributed by atoms with Crippen molar-refractivity contribution in [2.24, 2.45) is 4.99 Å². The van der Waals surface area contributed by atoms with Crippen LogP contribution in [-0.4, -0.2) is 41.3 Å². The van der Waals surface area contributed by atoms with E-state index in [-0.39, 0.29) is 11.6 Å². The van der Waals surface area contributed by atoms with Crippen molar-refractivity contribution >= 4 is 23.6 Å². The molecule has 0 aliphatic carbocycles. The Labute approximate surface area is 114 Å². The molecule has 0 atom stereocenters. The topological polar surface area (TPSA) is 87.8 Å². The second-order valence-electron chi connectivity index (χ2n) is 4.60. The van der Waals surface area contributed by atoms with Gasteiger partial charge in [-0.25, -0.2) is 0 Å². The molecule has 1 saturated heterocycles. The molecule has 1 amide bonds. The summed E-state index contributed by atoms with van der Waals surface area (Å²) in [4.78, 5) is 28.4. The van der Waals surface area contributed by atoms with Crippen LogP contribution in [0.3, 0.4) is 0 Å². The lowest BCUT2D eigenvalue weighted by Crippen LogP contribution is -2.49. The SMILES string of the molecule is O=C1NC2=NCCN2C/C1=C\c1cccc([N+](=O)[O-])c1. The zero-order valence-electron chi connectivity index (χ0n) is 10.6. The molecule has 0 unspecified atom stereocenters. The molecule has 1 aromatic carbocycles. The fourth-order valence-electron chi connectivity index (χ4n) is 2.25. The molecule has 0 bridgehead atoms. The first kappa shape index (κ1) is 12.3. The summed E-state index contributed by atoms with van der Waals surface area (Å²) < 4.78 is 0. The molecule has 1 aromatic rings. The number of guanidine groups is 1. The summed E-state index contributed by atoms with van der Waals surface area (Å²) in [6.07, 6.45) is 1.68. The Balaban J connectivity index is 1.88. The Hall–Kier alpha value is -2.70. The third-order valence-electron chi connectivity index (χ3n) is 3.23. The van der Waals surface area contributed by atoms with E-state index >= 15 is 0 Å². The van der Waals surface area contributed by atoms with E-state index < -0.39 is 4.92 Å². The molecule has 0 aromatic heterocycles. The monoisotopic (exact) mass is 272 g/mol. The van der Waals surface area contributed by atoms with Gasteiger partial charge in [-0.05, 0) is 11.6 Å². The Kier molecular flexibility index (Phi) is 2.94. The van der Waals surface area contributed by atoms with Gasteiger partial charge in [0.05, 0.1) is 18.0 Å². The van der Waals surface area contributed by atoms with Crippen LogP contribution in [0.25, 0.3) is 6.08 Å². The number of amides is 1. The third kappa shape index (κ3) is 2.25. The minimum Gasteiger partial charge on any atom is -0.336 e. The third-order valence-corrected chi connectivity index (χ3v) is 3.23. The standard InChI is InChI=1S/C13H12N4O3/c18-12-10(8-16-5-4-14-13(16)15-12)6-9-2-1-3-11(7-9)17(19)20/h1-3,6-7H,4-5,8H2,(H,14,15,18)/b10-6+. The first-order valence-electron chi connectivity index (χ1n) is 6.19. The summed E-state index contributed by atoms with van der Waals surface area (Å²) >= 11 is 0. The first-order chi connectivity index (χ1) is 9.63. The summed E-state index contributed by atoms with van der Waals surface area (Å²) in [5, 5.41) is 13.5. The van der Waals surface area contributed by atoms with Gasteiger partial charge in [0.25, 0.3) is 11.6 Å². The number of carbonyl (C=O) groups excluding carboxylic acids is 1. The molecule has 7 heteroatoms. The maximum Gasteiger partial charge on any atom is 0.270 e. The van der Waals surface area contributed by atoms with E-state index in [9.17, 15) is 14.9 Å². The van der Waals surface area contributed by atoms with Gasteiger partial charge in [-0.15, -0.1) is 0 Å². The molecule has 2 aliphatic rings. The van der Waals surface area contributed by atoms with Gasteiger partial charge in [-0.1, -0.05) is 12.1 Å². The van der Waals surface area contributed by atoms with Crippen LogP contribution < -0.4 is 5.32 Å². The molecular weight excluding hydrogens is 260 g/mol. The molecule has 1 fully saturated rings. The van der Waals surface area contributed by atoms with Gasteiger partial charge in [0.15, 0.2) is 0 Å². The summed E-state index contributed by atoms with van der Waals surface area (Å²) in [6, 6.07) is 6.22. The van der Waals surface area contributed by atoms with E-state index in [1.54, 1.807) is 18.2 Å². The van der Waals surface area contributed by atoms with E-state index in [1.807, 2.05) is 4.90 Å². The highest BCUT2D eigenvalue weighted by atomic mass is 16.6. The van der Waals surface area contributed by atoms with E-state index in [0.29, 0.717) is 30.2 Å². The Morgan fingerprint density at radius 3 is 3.10 bits per heavy atom. The van der Waals surface area contributed by atoms with Crippen LogP contribution in [0.4, 0.5) is 5.69 Å². The van der Waals surface area contributed by atoms with Gasteiger partial charge in [-0.3, -0.25) is 25.2 Å². The number of nitrogens with one attached hydrogen (secondary N) is 1. The van der Waals surface area contributed by atoms with Crippen LogP contribution >= 0.6 is 0 Å². The van der Waals surface area contributed by atoms with Crippen LogP contribution in [0.1, 0.15) is 5.56 Å². The number of fused-ring (bicyclic) bond motifs is 1. The summed E-state index contributed by atoms with van der Waals surface area (Å²) in [5.41, 5.74) is 1.23. The van der Waals surface area contributed by atoms with Gasteiger partial charge in [0.2, 0.25) is 5.96 Å². The minimum absolute atomic E-state index is 0.0130. The van der Waals surface area contributed by atoms with Gasteiger partial charge in [0, 0.05) is 24.3 Å².